The molecule has 2 unspecified atom stereocenters. The third-order valence-electron chi connectivity index (χ3n) is 11.7. The molecule has 2 aliphatic heterocycles. The molecule has 0 aromatic heterocycles. The molecular weight excluding hydrogens is 1010 g/mol. The number of nitrogens with one attached hydrogen (secondary N) is 1. The van der Waals surface area contributed by atoms with Crippen molar-refractivity contribution in [3.8, 4) is 0 Å². The number of fused-ring (bicyclic) bond motifs is 1. The zero-order valence-electron chi connectivity index (χ0n) is 37.5. The molecule has 18 nitrogen and oxygen atoms in total. The molecule has 5 N–H and O–H groups in total. The molecule has 23 heteroatoms. The molecule has 0 saturated carbocycles. The molecule has 0 spiro atoms. The fourth-order valence-corrected chi connectivity index (χ4v) is 10.6. The molecule has 0 aliphatic carbocycles. The van der Waals surface area contributed by atoms with Gasteiger partial charge in [-0.2, -0.15) is 16.8 Å². The molecule has 2 atom stereocenters. The number of carbonyl (C=O) groups excluding carboxylic acids is 3. The zero-order chi connectivity index (χ0) is 50.6. The number of imide groups is 1. The van der Waals surface area contributed by atoms with Crippen molar-refractivity contribution in [3.63, 3.8) is 0 Å². The normalized spacial score (nSPS) is 18.4. The second-order valence-electron chi connectivity index (χ2n) is 16.8. The molecule has 0 fully saturated rings. The molecule has 68 heavy (non-hydrogen) atoms. The van der Waals surface area contributed by atoms with E-state index in [1.54, 1.807) is 55.5 Å². The van der Waals surface area contributed by atoms with E-state index in [4.69, 9.17) is 15.0 Å². The number of nitrogens with zero attached hydrogens (tertiary/aromatic N) is 2. The summed E-state index contributed by atoms with van der Waals surface area (Å²) in [6, 6.07) is 9.92. The Morgan fingerprint density at radius 3 is 1.96 bits per heavy atom. The van der Waals surface area contributed by atoms with Gasteiger partial charge in [0.15, 0.2) is 0 Å². The summed E-state index contributed by atoms with van der Waals surface area (Å²) in [5.41, 5.74) is 0.534. The van der Waals surface area contributed by atoms with Crippen molar-refractivity contribution in [1.29, 1.82) is 0 Å². The topological polar surface area (TPSA) is 287 Å². The summed E-state index contributed by atoms with van der Waals surface area (Å²) in [4.78, 5) is 38.5. The summed E-state index contributed by atoms with van der Waals surface area (Å²) in [5, 5.41) is 2.72. The van der Waals surface area contributed by atoms with E-state index in [1.165, 1.54) is 42.5 Å². The average Bonchev–Trinajstić information content (AvgIpc) is 3.69. The summed E-state index contributed by atoms with van der Waals surface area (Å²) in [6.07, 6.45) is 17.7. The van der Waals surface area contributed by atoms with Gasteiger partial charge in [0.2, 0.25) is 5.91 Å². The van der Waals surface area contributed by atoms with Gasteiger partial charge >= 0.3 is 252 Å². The number of carbonyl (C=O) groups is 3. The second kappa shape index (κ2) is 23.9. The van der Waals surface area contributed by atoms with E-state index in [2.05, 4.69) is 5.32 Å². The fraction of sp³-hybridized carbons (Fsp3) is 0.422. The molecule has 3 amide bonds. The molecular formula is C45H57N3NiO15S4. The van der Waals surface area contributed by atoms with Crippen molar-refractivity contribution in [2.45, 2.75) is 98.7 Å². The van der Waals surface area contributed by atoms with E-state index in [0.29, 0.717) is 66.4 Å². The van der Waals surface area contributed by atoms with Gasteiger partial charge in [-0.3, -0.25) is 28.4 Å². The Morgan fingerprint density at radius 1 is 0.721 bits per heavy atom. The molecule has 2 aromatic rings. The van der Waals surface area contributed by atoms with E-state index in [-0.39, 0.29) is 54.5 Å². The predicted octanol–water partition coefficient (Wildman–Crippen LogP) is 5.21. The molecule has 0 bridgehead atoms. The van der Waals surface area contributed by atoms with Crippen LogP contribution in [0.15, 0.2) is 113 Å². The first-order valence-corrected chi connectivity index (χ1v) is 28.2. The van der Waals surface area contributed by atoms with Crippen LogP contribution in [0.25, 0.3) is 0 Å². The van der Waals surface area contributed by atoms with Crippen molar-refractivity contribution in [1.82, 2.24) is 10.2 Å². The first-order chi connectivity index (χ1) is 31.7. The standard InChI is InChI=1S/C45H57N3O15S4.Ni/c1-44(26-11-14-31-64(52,53)54,35-17-16-18-36(33-35)66(58,59)60)25-10-6-4-3-5-8-19-40-45(2,27-12-15-32-65(55,56)57)38-34-37(67(61,62)63)21-22-39(38)47(40)29-13-7-9-20-41(49)46-28-30-48-42(50)23-24-43(48)51;/h3-6,8,10,16-19,21-24,33-34H,7,9,11-15,20,26-32H2,1-2H3,(H,46,49)(H,52,53,54)(H,55,56,57)(H,58,59,60)(H,61,62,63);/b4-3+,8-5+,10-6+,40-19+;. The molecule has 2 aliphatic rings. The van der Waals surface area contributed by atoms with Crippen molar-refractivity contribution in [3.05, 3.63) is 114 Å². The van der Waals surface area contributed by atoms with Crippen LogP contribution in [0.2, 0.25) is 0 Å². The van der Waals surface area contributed by atoms with Gasteiger partial charge in [-0.15, -0.1) is 0 Å². The van der Waals surface area contributed by atoms with Crippen LogP contribution in [-0.2, 0) is 80.7 Å². The van der Waals surface area contributed by atoms with E-state index >= 15 is 0 Å². The molecule has 0 radical (unpaired) electrons. The Kier molecular flexibility index (Phi) is 19.7. The van der Waals surface area contributed by atoms with Crippen LogP contribution in [0.5, 0.6) is 0 Å². The van der Waals surface area contributed by atoms with Crippen LogP contribution >= 0.6 is 0 Å². The zero-order valence-corrected chi connectivity index (χ0v) is 41.7. The van der Waals surface area contributed by atoms with Crippen LogP contribution in [0.4, 0.5) is 5.69 Å². The number of allylic oxidation sites excluding steroid dienone is 8. The number of benzene rings is 2. The number of unbranched alkanes of at least 4 members (excludes halogenated alkanes) is 4. The van der Waals surface area contributed by atoms with Gasteiger partial charge in [0.05, 0.1) is 10.6 Å². The third kappa shape index (κ3) is 16.3. The number of anilines is 1. The average molecular weight is 1070 g/mol. The number of hydrogen-bond acceptors (Lipinski definition) is 12. The van der Waals surface area contributed by atoms with Gasteiger partial charge in [0.25, 0.3) is 32.1 Å². The minimum atomic E-state index is -4.61. The van der Waals surface area contributed by atoms with E-state index in [0.717, 1.165) is 10.6 Å². The summed E-state index contributed by atoms with van der Waals surface area (Å²) in [7, 11) is -17.6. The monoisotopic (exact) mass is 1070 g/mol. The summed E-state index contributed by atoms with van der Waals surface area (Å²) in [6.45, 7) is 4.23. The number of rotatable bonds is 27. The third-order valence-corrected chi connectivity index (χ3v) is 15.7. The van der Waals surface area contributed by atoms with Crippen molar-refractivity contribution in [2.24, 2.45) is 0 Å². The van der Waals surface area contributed by atoms with Crippen LogP contribution in [0.1, 0.15) is 89.2 Å². The molecule has 4 rings (SSSR count). The Bertz CT molecular complexity index is 2820. The van der Waals surface area contributed by atoms with Gasteiger partial charge in [-0.25, -0.2) is 0 Å². The Hall–Kier alpha value is -4.45. The van der Waals surface area contributed by atoms with Crippen LogP contribution in [0, 0.1) is 0 Å². The fourth-order valence-electron chi connectivity index (χ4n) is 8.04. The molecule has 0 saturated heterocycles. The van der Waals surface area contributed by atoms with Gasteiger partial charge in [0.1, 0.15) is 0 Å². The van der Waals surface area contributed by atoms with Crippen LogP contribution in [0.3, 0.4) is 0 Å². The maximum atomic E-state index is 12.5. The van der Waals surface area contributed by atoms with Gasteiger partial charge in [0, 0.05) is 31.7 Å². The first kappa shape index (κ1) is 56.1. The van der Waals surface area contributed by atoms with Crippen LogP contribution in [-0.4, -0.2) is 110 Å². The van der Waals surface area contributed by atoms with Gasteiger partial charge in [-0.1, -0.05) is 6.42 Å². The molecule has 2 aromatic carbocycles. The van der Waals surface area contributed by atoms with Crippen molar-refractivity contribution >= 4 is 68.4 Å². The van der Waals surface area contributed by atoms with E-state index < -0.39 is 74.6 Å². The van der Waals surface area contributed by atoms with E-state index in [9.17, 15) is 66.3 Å². The number of amides is 3. The molecule has 376 valence electrons. The quantitative estimate of drug-likeness (QED) is 0.0252. The Balaban J connectivity index is 1.56. The Labute approximate surface area is 406 Å². The van der Waals surface area contributed by atoms with Crippen LogP contribution < -0.4 is 10.2 Å². The van der Waals surface area contributed by atoms with Gasteiger partial charge < -0.3 is 5.32 Å². The molecule has 2 heterocycles. The van der Waals surface area contributed by atoms with Crippen molar-refractivity contribution < 1.29 is 81.3 Å². The van der Waals surface area contributed by atoms with Crippen molar-refractivity contribution in [2.75, 3.05) is 36.0 Å². The first-order valence-electron chi connectivity index (χ1n) is 21.6. The van der Waals surface area contributed by atoms with E-state index in [1.807, 2.05) is 17.9 Å². The minimum absolute atomic E-state index is 0.0495. The maximum absolute atomic E-state index is 12.5. The Morgan fingerprint density at radius 2 is 1.32 bits per heavy atom. The van der Waals surface area contributed by atoms with Gasteiger partial charge in [-0.05, 0) is 18.9 Å². The predicted molar refractivity (Wildman–Crippen MR) is 253 cm³/mol. The summed E-state index contributed by atoms with van der Waals surface area (Å²) >= 11 is 5.40. The second-order valence-corrected chi connectivity index (χ2v) is 23.3. The SMILES string of the molecule is CC(CCCCS(=O)(=O)O)([C](=[Ni])/C=C/C=C/C=C/C=C1/N(CCCCCC(=O)NCCN2C(=O)C=CC2=O)c2ccc(S(=O)(=O)O)cc2C1(C)CCCCS(=O)(=O)O)c1cccc(S(=O)(=O)O)c1. The summed E-state index contributed by atoms with van der Waals surface area (Å²) < 4.78 is 133. The number of hydrogen-bond donors (Lipinski definition) is 5. The summed E-state index contributed by atoms with van der Waals surface area (Å²) in [5.74, 6) is -2.07.